The summed E-state index contributed by atoms with van der Waals surface area (Å²) in [5, 5.41) is 0. The molecule has 0 aromatic carbocycles. The molecule has 0 radical (unpaired) electrons. The number of nitrogens with zero attached hydrogens (tertiary/aromatic N) is 2. The number of hydrogen-bond donors (Lipinski definition) is 0. The molecule has 3 heteroatoms. The van der Waals surface area contributed by atoms with E-state index in [4.69, 9.17) is 0 Å². The molecule has 3 rings (SSSR count). The summed E-state index contributed by atoms with van der Waals surface area (Å²) >= 11 is 0. The molecule has 2 heterocycles. The molecule has 1 saturated carbocycles. The zero-order valence-electron chi connectivity index (χ0n) is 8.60. The van der Waals surface area contributed by atoms with Gasteiger partial charge in [0.25, 0.3) is 0 Å². The summed E-state index contributed by atoms with van der Waals surface area (Å²) in [6.07, 6.45) is 5.26. The predicted octanol–water partition coefficient (Wildman–Crippen LogP) is 2.33. The number of aryl methyl sites for hydroxylation is 1. The third kappa shape index (κ3) is 1.27. The summed E-state index contributed by atoms with van der Waals surface area (Å²) in [5.41, 5.74) is 2.67. The largest absolute Gasteiger partial charge is 0.303 e. The van der Waals surface area contributed by atoms with Crippen LogP contribution >= 0.6 is 0 Å². The molecule has 0 spiro atoms. The first kappa shape index (κ1) is 8.65. The molecular formula is C12H12N2O. The molecular weight excluding hydrogens is 188 g/mol. The molecule has 2 aromatic rings. The normalized spacial score (nSPS) is 15.8. The lowest BCUT2D eigenvalue weighted by Crippen LogP contribution is -1.91. The smallest absolute Gasteiger partial charge is 0.170 e. The maximum atomic E-state index is 10.9. The van der Waals surface area contributed by atoms with Crippen molar-refractivity contribution in [3.8, 4) is 0 Å². The maximum Gasteiger partial charge on any atom is 0.170 e. The molecule has 0 N–H and O–H groups in total. The molecule has 0 unspecified atom stereocenters. The highest BCUT2D eigenvalue weighted by Crippen LogP contribution is 2.39. The first-order chi connectivity index (χ1) is 7.29. The van der Waals surface area contributed by atoms with Crippen LogP contribution < -0.4 is 0 Å². The van der Waals surface area contributed by atoms with Crippen LogP contribution in [0.25, 0.3) is 5.52 Å². The van der Waals surface area contributed by atoms with Crippen LogP contribution in [0, 0.1) is 6.92 Å². The fraction of sp³-hybridized carbons (Fsp3) is 0.333. The highest BCUT2D eigenvalue weighted by molar-refractivity contribution is 5.84. The van der Waals surface area contributed by atoms with Crippen LogP contribution in [0.2, 0.25) is 0 Å². The molecule has 0 saturated heterocycles. The van der Waals surface area contributed by atoms with Gasteiger partial charge < -0.3 is 4.40 Å². The van der Waals surface area contributed by atoms with E-state index in [1.807, 2.05) is 19.2 Å². The number of hydrogen-bond acceptors (Lipinski definition) is 2. The Morgan fingerprint density at radius 1 is 1.53 bits per heavy atom. The van der Waals surface area contributed by atoms with E-state index in [0.717, 1.165) is 23.2 Å². The SMILES string of the molecule is Cc1ccn2c(C3CC3)nc(C=O)c2c1. The average Bonchev–Trinajstić information content (AvgIpc) is 3.01. The van der Waals surface area contributed by atoms with Crippen LogP contribution in [0.3, 0.4) is 0 Å². The highest BCUT2D eigenvalue weighted by atomic mass is 16.1. The van der Waals surface area contributed by atoms with Gasteiger partial charge in [-0.15, -0.1) is 0 Å². The molecule has 1 fully saturated rings. The van der Waals surface area contributed by atoms with Crippen molar-refractivity contribution in [3.05, 3.63) is 35.4 Å². The third-order valence-corrected chi connectivity index (χ3v) is 2.91. The molecule has 1 aliphatic carbocycles. The Balaban J connectivity index is 2.33. The lowest BCUT2D eigenvalue weighted by atomic mass is 10.2. The zero-order chi connectivity index (χ0) is 10.4. The van der Waals surface area contributed by atoms with Gasteiger partial charge in [-0.3, -0.25) is 4.79 Å². The topological polar surface area (TPSA) is 34.4 Å². The summed E-state index contributed by atoms with van der Waals surface area (Å²) in [4.78, 5) is 15.3. The van der Waals surface area contributed by atoms with Gasteiger partial charge in [0.1, 0.15) is 11.5 Å². The number of imidazole rings is 1. The van der Waals surface area contributed by atoms with Crippen LogP contribution in [-0.2, 0) is 0 Å². The third-order valence-electron chi connectivity index (χ3n) is 2.91. The van der Waals surface area contributed by atoms with E-state index >= 15 is 0 Å². The minimum Gasteiger partial charge on any atom is -0.303 e. The van der Waals surface area contributed by atoms with E-state index < -0.39 is 0 Å². The number of carbonyl (C=O) groups excluding carboxylic acids is 1. The number of aromatic nitrogens is 2. The van der Waals surface area contributed by atoms with Gasteiger partial charge in [-0.05, 0) is 37.5 Å². The first-order valence-electron chi connectivity index (χ1n) is 5.23. The molecule has 76 valence electrons. The van der Waals surface area contributed by atoms with Crippen molar-refractivity contribution in [2.45, 2.75) is 25.7 Å². The Morgan fingerprint density at radius 2 is 2.33 bits per heavy atom. The summed E-state index contributed by atoms with van der Waals surface area (Å²) in [7, 11) is 0. The van der Waals surface area contributed by atoms with Crippen LogP contribution in [0.5, 0.6) is 0 Å². The highest BCUT2D eigenvalue weighted by Gasteiger charge is 2.28. The van der Waals surface area contributed by atoms with Crippen LogP contribution in [0.4, 0.5) is 0 Å². The van der Waals surface area contributed by atoms with Crippen LogP contribution in [0.1, 0.15) is 40.6 Å². The average molecular weight is 200 g/mol. The van der Waals surface area contributed by atoms with Gasteiger partial charge in [-0.25, -0.2) is 4.98 Å². The second-order valence-corrected chi connectivity index (χ2v) is 4.21. The molecule has 3 nitrogen and oxygen atoms in total. The maximum absolute atomic E-state index is 10.9. The van der Waals surface area contributed by atoms with E-state index in [1.54, 1.807) is 0 Å². The summed E-state index contributed by atoms with van der Waals surface area (Å²) in [6.45, 7) is 2.03. The van der Waals surface area contributed by atoms with Gasteiger partial charge in [0.05, 0.1) is 5.52 Å². The van der Waals surface area contributed by atoms with E-state index in [9.17, 15) is 4.79 Å². The number of pyridine rings is 1. The standard InChI is InChI=1S/C12H12N2O/c1-8-4-5-14-11(6-8)10(7-15)13-12(14)9-2-3-9/h4-7,9H,2-3H2,1H3. The van der Waals surface area contributed by atoms with Gasteiger partial charge >= 0.3 is 0 Å². The molecule has 0 bridgehead atoms. The minimum atomic E-state index is 0.564. The molecule has 15 heavy (non-hydrogen) atoms. The quantitative estimate of drug-likeness (QED) is 0.697. The van der Waals surface area contributed by atoms with E-state index in [2.05, 4.69) is 15.5 Å². The van der Waals surface area contributed by atoms with Gasteiger partial charge in [0.2, 0.25) is 0 Å². The number of aldehydes is 1. The number of rotatable bonds is 2. The van der Waals surface area contributed by atoms with Crippen molar-refractivity contribution in [3.63, 3.8) is 0 Å². The van der Waals surface area contributed by atoms with Gasteiger partial charge in [-0.2, -0.15) is 0 Å². The van der Waals surface area contributed by atoms with Crippen molar-refractivity contribution in [2.75, 3.05) is 0 Å². The first-order valence-corrected chi connectivity index (χ1v) is 5.23. The number of fused-ring (bicyclic) bond motifs is 1. The van der Waals surface area contributed by atoms with Crippen LogP contribution in [0.15, 0.2) is 18.3 Å². The summed E-state index contributed by atoms with van der Waals surface area (Å²) in [6, 6.07) is 4.07. The predicted molar refractivity (Wildman–Crippen MR) is 57.3 cm³/mol. The summed E-state index contributed by atoms with van der Waals surface area (Å²) < 4.78 is 2.05. The van der Waals surface area contributed by atoms with Gasteiger partial charge in [0.15, 0.2) is 6.29 Å². The van der Waals surface area contributed by atoms with Crippen molar-refractivity contribution in [1.82, 2.24) is 9.38 Å². The fourth-order valence-electron chi connectivity index (χ4n) is 1.95. The fourth-order valence-corrected chi connectivity index (χ4v) is 1.95. The zero-order valence-corrected chi connectivity index (χ0v) is 8.60. The Hall–Kier alpha value is -1.64. The van der Waals surface area contributed by atoms with E-state index in [0.29, 0.717) is 11.6 Å². The van der Waals surface area contributed by atoms with Crippen LogP contribution in [-0.4, -0.2) is 15.7 Å². The Morgan fingerprint density at radius 3 is 3.00 bits per heavy atom. The Kier molecular flexibility index (Phi) is 1.69. The van der Waals surface area contributed by atoms with Crippen molar-refractivity contribution >= 4 is 11.8 Å². The van der Waals surface area contributed by atoms with Gasteiger partial charge in [-0.1, -0.05) is 0 Å². The molecule has 0 atom stereocenters. The lowest BCUT2D eigenvalue weighted by Gasteiger charge is -1.99. The monoisotopic (exact) mass is 200 g/mol. The van der Waals surface area contributed by atoms with E-state index in [-0.39, 0.29) is 0 Å². The van der Waals surface area contributed by atoms with Gasteiger partial charge in [0, 0.05) is 12.1 Å². The molecule has 2 aromatic heterocycles. The van der Waals surface area contributed by atoms with Crippen molar-refractivity contribution < 1.29 is 4.79 Å². The minimum absolute atomic E-state index is 0.564. The molecule has 0 amide bonds. The van der Waals surface area contributed by atoms with Crippen molar-refractivity contribution in [1.29, 1.82) is 0 Å². The molecule has 0 aliphatic heterocycles. The molecule has 1 aliphatic rings. The summed E-state index contributed by atoms with van der Waals surface area (Å²) in [5.74, 6) is 1.61. The second-order valence-electron chi connectivity index (χ2n) is 4.21. The van der Waals surface area contributed by atoms with E-state index in [1.165, 1.54) is 12.8 Å². The lowest BCUT2D eigenvalue weighted by molar-refractivity contribution is 0.112. The van der Waals surface area contributed by atoms with Crippen molar-refractivity contribution in [2.24, 2.45) is 0 Å². The Labute approximate surface area is 87.7 Å². The Bertz CT molecular complexity index is 538. The second kappa shape index (κ2) is 2.92. The number of carbonyl (C=O) groups is 1.